The molecule has 1 fully saturated rings. The first kappa shape index (κ1) is 3.71. The highest BCUT2D eigenvalue weighted by Gasteiger charge is 2.52. The third-order valence-electron chi connectivity index (χ3n) is 2.76. The molecule has 0 aliphatic heterocycles. The third-order valence-corrected chi connectivity index (χ3v) is 2.76. The summed E-state index contributed by atoms with van der Waals surface area (Å²) in [6, 6.07) is 0. The molecule has 0 heteroatoms. The van der Waals surface area contributed by atoms with Crippen LogP contribution in [0.5, 0.6) is 0 Å². The smallest absolute Gasteiger partial charge is 0.00984 e. The van der Waals surface area contributed by atoms with Gasteiger partial charge in [0.25, 0.3) is 0 Å². The number of rotatable bonds is 0. The average Bonchev–Trinajstić information content (AvgIpc) is 1.86. The first-order valence-corrected chi connectivity index (χ1v) is 2.96. The van der Waals surface area contributed by atoms with Crippen molar-refractivity contribution in [3.8, 4) is 0 Å². The lowest BCUT2D eigenvalue weighted by Gasteiger charge is -2.20. The number of allylic oxidation sites excluding steroid dienone is 2. The lowest BCUT2D eigenvalue weighted by Crippen LogP contribution is -2.09. The summed E-state index contributed by atoms with van der Waals surface area (Å²) in [5.74, 6) is 0. The highest BCUT2D eigenvalue weighted by atomic mass is 14.6. The molecule has 2 rings (SSSR count). The summed E-state index contributed by atoms with van der Waals surface area (Å²) >= 11 is 0. The van der Waals surface area contributed by atoms with Gasteiger partial charge in [0.1, 0.15) is 0 Å². The van der Waals surface area contributed by atoms with E-state index in [4.69, 9.17) is 0 Å². The lowest BCUT2D eigenvalue weighted by atomic mass is 9.83. The Hall–Kier alpha value is -0.260. The topological polar surface area (TPSA) is 0 Å². The number of fused-ring (bicyclic) bond motifs is 1. The Kier molecular flexibility index (Phi) is 0.362. The summed E-state index contributed by atoms with van der Waals surface area (Å²) < 4.78 is 0. The molecular formula is C7H10. The van der Waals surface area contributed by atoms with Crippen LogP contribution in [-0.2, 0) is 0 Å². The molecule has 0 amide bonds. The van der Waals surface area contributed by atoms with E-state index in [1.807, 2.05) is 0 Å². The van der Waals surface area contributed by atoms with Gasteiger partial charge in [-0.2, -0.15) is 0 Å². The van der Waals surface area contributed by atoms with Gasteiger partial charge in [-0.1, -0.05) is 18.1 Å². The second kappa shape index (κ2) is 0.683. The van der Waals surface area contributed by atoms with E-state index in [9.17, 15) is 0 Å². The van der Waals surface area contributed by atoms with Crippen molar-refractivity contribution in [3.63, 3.8) is 0 Å². The molecule has 2 aliphatic carbocycles. The molecule has 1 unspecified atom stereocenters. The van der Waals surface area contributed by atoms with Gasteiger partial charge in [-0.3, -0.25) is 0 Å². The minimum absolute atomic E-state index is 0.681. The van der Waals surface area contributed by atoms with E-state index in [0.717, 1.165) is 0 Å². The largest absolute Gasteiger partial charge is 0.0632 e. The Morgan fingerprint density at radius 3 is 2.14 bits per heavy atom. The molecule has 0 heterocycles. The fraction of sp³-hybridized carbons (Fsp3) is 0.714. The van der Waals surface area contributed by atoms with Gasteiger partial charge in [0.05, 0.1) is 0 Å². The van der Waals surface area contributed by atoms with Crippen LogP contribution in [0.15, 0.2) is 11.1 Å². The molecule has 0 N–H and O–H groups in total. The summed E-state index contributed by atoms with van der Waals surface area (Å²) in [6.45, 7) is 4.61. The zero-order valence-corrected chi connectivity index (χ0v) is 4.91. The Morgan fingerprint density at radius 1 is 1.57 bits per heavy atom. The Bertz CT molecular complexity index is 145. The van der Waals surface area contributed by atoms with Crippen LogP contribution in [0, 0.1) is 5.41 Å². The maximum Gasteiger partial charge on any atom is 0.00984 e. The van der Waals surface area contributed by atoms with Crippen molar-refractivity contribution in [3.05, 3.63) is 11.1 Å². The quantitative estimate of drug-likeness (QED) is 0.403. The van der Waals surface area contributed by atoms with E-state index in [2.05, 4.69) is 13.8 Å². The van der Waals surface area contributed by atoms with Gasteiger partial charge < -0.3 is 0 Å². The predicted molar refractivity (Wildman–Crippen MR) is 30.0 cm³/mol. The fourth-order valence-corrected chi connectivity index (χ4v) is 1.67. The normalized spacial score (nSPS) is 45.4. The Balaban J connectivity index is 2.33. The van der Waals surface area contributed by atoms with E-state index in [0.29, 0.717) is 5.41 Å². The number of hydrogen-bond acceptors (Lipinski definition) is 0. The molecule has 0 nitrogen and oxygen atoms in total. The van der Waals surface area contributed by atoms with Crippen LogP contribution in [0.25, 0.3) is 0 Å². The summed E-state index contributed by atoms with van der Waals surface area (Å²) in [5, 5.41) is 0. The maximum absolute atomic E-state index is 2.35. The Labute approximate surface area is 44.2 Å². The van der Waals surface area contributed by atoms with Crippen LogP contribution in [0.3, 0.4) is 0 Å². The molecule has 0 spiro atoms. The van der Waals surface area contributed by atoms with Gasteiger partial charge in [-0.05, 0) is 19.8 Å². The third kappa shape index (κ3) is 0.206. The van der Waals surface area contributed by atoms with Gasteiger partial charge in [-0.15, -0.1) is 0 Å². The molecule has 0 aromatic carbocycles. The van der Waals surface area contributed by atoms with Gasteiger partial charge in [0, 0.05) is 5.41 Å². The van der Waals surface area contributed by atoms with Crippen molar-refractivity contribution < 1.29 is 0 Å². The molecule has 0 aromatic rings. The maximum atomic E-state index is 2.35. The monoisotopic (exact) mass is 94.1 g/mol. The molecule has 0 saturated heterocycles. The van der Waals surface area contributed by atoms with Crippen molar-refractivity contribution in [1.29, 1.82) is 0 Å². The second-order valence-electron chi connectivity index (χ2n) is 2.94. The predicted octanol–water partition coefficient (Wildman–Crippen LogP) is 2.12. The van der Waals surface area contributed by atoms with E-state index in [1.165, 1.54) is 12.8 Å². The van der Waals surface area contributed by atoms with Crippen LogP contribution in [0.2, 0.25) is 0 Å². The standard InChI is InChI=1S/C7H10/c1-5-6-3-4-7(5,6)2/h3-4H2,1-2H3. The second-order valence-corrected chi connectivity index (χ2v) is 2.94. The van der Waals surface area contributed by atoms with Crippen LogP contribution < -0.4 is 0 Å². The molecule has 1 saturated carbocycles. The van der Waals surface area contributed by atoms with E-state index >= 15 is 0 Å². The molecule has 0 bridgehead atoms. The van der Waals surface area contributed by atoms with Crippen LogP contribution in [0.1, 0.15) is 26.7 Å². The molecule has 0 aromatic heterocycles. The highest BCUT2D eigenvalue weighted by molar-refractivity contribution is 5.52. The summed E-state index contributed by atoms with van der Waals surface area (Å²) in [5.41, 5.74) is 4.12. The molecular weight excluding hydrogens is 84.1 g/mol. The van der Waals surface area contributed by atoms with Gasteiger partial charge >= 0.3 is 0 Å². The van der Waals surface area contributed by atoms with Crippen molar-refractivity contribution in [2.24, 2.45) is 5.41 Å². The van der Waals surface area contributed by atoms with E-state index in [-0.39, 0.29) is 0 Å². The zero-order valence-electron chi connectivity index (χ0n) is 4.91. The van der Waals surface area contributed by atoms with Crippen LogP contribution in [-0.4, -0.2) is 0 Å². The van der Waals surface area contributed by atoms with Crippen molar-refractivity contribution in [1.82, 2.24) is 0 Å². The van der Waals surface area contributed by atoms with Gasteiger partial charge in [-0.25, -0.2) is 0 Å². The molecule has 0 radical (unpaired) electrons. The van der Waals surface area contributed by atoms with Crippen molar-refractivity contribution >= 4 is 0 Å². The van der Waals surface area contributed by atoms with Crippen molar-refractivity contribution in [2.75, 3.05) is 0 Å². The van der Waals surface area contributed by atoms with E-state index in [1.54, 1.807) is 11.1 Å². The minimum Gasteiger partial charge on any atom is -0.0632 e. The SMILES string of the molecule is CC1=C2CCC12C. The summed E-state index contributed by atoms with van der Waals surface area (Å²) in [7, 11) is 0. The molecule has 38 valence electrons. The van der Waals surface area contributed by atoms with Crippen molar-refractivity contribution in [2.45, 2.75) is 26.7 Å². The Morgan fingerprint density at radius 2 is 2.14 bits per heavy atom. The average molecular weight is 94.2 g/mol. The first-order chi connectivity index (χ1) is 3.25. The van der Waals surface area contributed by atoms with E-state index < -0.39 is 0 Å². The van der Waals surface area contributed by atoms with Crippen LogP contribution >= 0.6 is 0 Å². The summed E-state index contributed by atoms with van der Waals surface area (Å²) in [6.07, 6.45) is 2.84. The van der Waals surface area contributed by atoms with Gasteiger partial charge in [0.2, 0.25) is 0 Å². The molecule has 2 aliphatic rings. The fourth-order valence-electron chi connectivity index (χ4n) is 1.67. The number of hydrogen-bond donors (Lipinski definition) is 0. The van der Waals surface area contributed by atoms with Crippen LogP contribution in [0.4, 0.5) is 0 Å². The lowest BCUT2D eigenvalue weighted by molar-refractivity contribution is 0.446. The zero-order chi connectivity index (χ0) is 5.07. The highest BCUT2D eigenvalue weighted by Crippen LogP contribution is 2.66. The minimum atomic E-state index is 0.681. The molecule has 1 atom stereocenters. The summed E-state index contributed by atoms with van der Waals surface area (Å²) in [4.78, 5) is 0. The van der Waals surface area contributed by atoms with Gasteiger partial charge in [0.15, 0.2) is 0 Å². The molecule has 7 heavy (non-hydrogen) atoms. The first-order valence-electron chi connectivity index (χ1n) is 2.96.